The quantitative estimate of drug-likeness (QED) is 0.101. The lowest BCUT2D eigenvalue weighted by Gasteiger charge is -2.60. The van der Waals surface area contributed by atoms with Crippen molar-refractivity contribution in [1.82, 2.24) is 0 Å². The standard InChI is InChI=1S/C49H78O22/c1-19-5-10-49(65-15-19)20(2)32-29(71-49)13-24-22-12-26(51)25-11-21(6-8-47(25,3)23(22)7-9-48(24,32)4)66-46-40(61)42(35(56)30(14-50)67-46)70-45-39(60)36(57)41(69-44-38(59)34(55)28(53)17-63-44)31(68-45)18-64-43-37(58)33(54)27(52)16-62-43/h19-25,27-46,50,52-61H,5-18H2,1-4H3/t19-,20+,21+,22-,23+,24+,25-,27+,28-,29+,30-,31-,32+,33+,34+,35-,36-,37-,38-,39-,40-,41-,42+,43+,44+,45+,46-,47-,48+,49-/m1/s1. The lowest BCUT2D eigenvalue weighted by atomic mass is 9.44. The number of rotatable bonds is 10. The zero-order valence-corrected chi connectivity index (χ0v) is 40.9. The van der Waals surface area contributed by atoms with Crippen LogP contribution in [-0.4, -0.2) is 224 Å². The summed E-state index contributed by atoms with van der Waals surface area (Å²) in [4.78, 5) is 14.5. The average Bonchev–Trinajstić information content (AvgIpc) is 3.79. The Balaban J connectivity index is 0.805. The van der Waals surface area contributed by atoms with Crippen molar-refractivity contribution in [2.75, 3.05) is 33.0 Å². The maximum atomic E-state index is 14.5. The van der Waals surface area contributed by atoms with Crippen LogP contribution >= 0.6 is 0 Å². The van der Waals surface area contributed by atoms with E-state index < -0.39 is 149 Å². The van der Waals surface area contributed by atoms with E-state index in [0.717, 1.165) is 38.7 Å². The number of carbonyl (C=O) groups excluding carboxylic acids is 1. The first-order valence-corrected chi connectivity index (χ1v) is 26.1. The zero-order valence-electron chi connectivity index (χ0n) is 40.9. The summed E-state index contributed by atoms with van der Waals surface area (Å²) in [5.74, 6) is 1.47. The summed E-state index contributed by atoms with van der Waals surface area (Å²) >= 11 is 0. The van der Waals surface area contributed by atoms with E-state index >= 15 is 0 Å². The van der Waals surface area contributed by atoms with Crippen LogP contribution in [0.25, 0.3) is 0 Å². The number of ether oxygens (including phenoxy) is 10. The van der Waals surface area contributed by atoms with Gasteiger partial charge in [-0.3, -0.25) is 4.79 Å². The maximum absolute atomic E-state index is 14.5. The Morgan fingerprint density at radius 3 is 1.94 bits per heavy atom. The SMILES string of the molecule is C[C@@H]1CC[C@@]2(OC1)O[C@H]1C[C@H]3[C@@H]4CC(=O)[C@H]5C[C@@H](O[C@@H]6O[C@H](CO)[C@@H](O)[C@H](O[C@@H]7O[C@H](CO[C@@H]8OC[C@H](O)[C@H](O)[C@H]8O)[C@@H](O[C@@H]8OC[C@@H](O)[C@H](O)[C@H]8O)[C@H](O)[C@H]7O)[C@H]6O)CC[C@]5(C)[C@H]4CC[C@]3(C)[C@H]1[C@@H]2C. The first-order valence-electron chi connectivity index (χ1n) is 26.1. The summed E-state index contributed by atoms with van der Waals surface area (Å²) in [5, 5.41) is 118. The third-order valence-corrected chi connectivity index (χ3v) is 19.4. The lowest BCUT2D eigenvalue weighted by molar-refractivity contribution is -0.382. The predicted molar refractivity (Wildman–Crippen MR) is 237 cm³/mol. The van der Waals surface area contributed by atoms with Crippen molar-refractivity contribution in [3.05, 3.63) is 0 Å². The Morgan fingerprint density at radius 2 is 1.25 bits per heavy atom. The molecule has 0 aromatic rings. The van der Waals surface area contributed by atoms with Crippen molar-refractivity contribution in [2.24, 2.45) is 52.3 Å². The van der Waals surface area contributed by atoms with Crippen LogP contribution in [0.4, 0.5) is 0 Å². The van der Waals surface area contributed by atoms with Gasteiger partial charge in [0.15, 0.2) is 30.9 Å². The van der Waals surface area contributed by atoms with Crippen LogP contribution in [0.2, 0.25) is 0 Å². The molecule has 0 amide bonds. The van der Waals surface area contributed by atoms with Crippen LogP contribution in [0.15, 0.2) is 0 Å². The smallest absolute Gasteiger partial charge is 0.187 e. The second-order valence-electron chi connectivity index (χ2n) is 23.4. The van der Waals surface area contributed by atoms with Crippen LogP contribution < -0.4 is 0 Å². The molecule has 6 aliphatic heterocycles. The van der Waals surface area contributed by atoms with E-state index in [0.29, 0.717) is 49.4 Å². The van der Waals surface area contributed by atoms with Crippen molar-refractivity contribution < 1.29 is 108 Å². The van der Waals surface area contributed by atoms with E-state index in [-0.39, 0.29) is 40.5 Å². The molecule has 4 saturated carbocycles. The van der Waals surface area contributed by atoms with Gasteiger partial charge in [-0.1, -0.05) is 27.7 Å². The fraction of sp³-hybridized carbons (Fsp3) is 0.980. The third-order valence-electron chi connectivity index (χ3n) is 19.4. The molecular formula is C49H78O22. The molecule has 6 saturated heterocycles. The van der Waals surface area contributed by atoms with Gasteiger partial charge in [0.25, 0.3) is 0 Å². The van der Waals surface area contributed by atoms with Gasteiger partial charge in [-0.25, -0.2) is 0 Å². The van der Waals surface area contributed by atoms with Crippen molar-refractivity contribution in [3.8, 4) is 0 Å². The number of hydrogen-bond donors (Lipinski definition) is 11. The second kappa shape index (κ2) is 20.3. The minimum Gasteiger partial charge on any atom is -0.394 e. The minimum atomic E-state index is -2.00. The van der Waals surface area contributed by atoms with Gasteiger partial charge in [0.1, 0.15) is 91.2 Å². The molecule has 71 heavy (non-hydrogen) atoms. The molecule has 406 valence electrons. The normalized spacial score (nSPS) is 57.5. The van der Waals surface area contributed by atoms with E-state index in [2.05, 4.69) is 27.7 Å². The van der Waals surface area contributed by atoms with Crippen LogP contribution in [0, 0.1) is 52.3 Å². The molecule has 11 N–H and O–H groups in total. The number of aliphatic hydroxyl groups excluding tert-OH is 11. The van der Waals surface area contributed by atoms with Gasteiger partial charge in [-0.2, -0.15) is 0 Å². The molecule has 10 fully saturated rings. The van der Waals surface area contributed by atoms with E-state index in [1.54, 1.807) is 0 Å². The van der Waals surface area contributed by atoms with Gasteiger partial charge in [0.05, 0.1) is 45.2 Å². The molecular weight excluding hydrogens is 941 g/mol. The summed E-state index contributed by atoms with van der Waals surface area (Å²) in [5.41, 5.74) is -0.238. The molecule has 22 heteroatoms. The number of aliphatic hydroxyl groups is 11. The van der Waals surface area contributed by atoms with E-state index in [9.17, 15) is 61.0 Å². The van der Waals surface area contributed by atoms with Gasteiger partial charge >= 0.3 is 0 Å². The Labute approximate surface area is 412 Å². The highest BCUT2D eigenvalue weighted by molar-refractivity contribution is 5.83. The minimum absolute atomic E-state index is 0.0410. The molecule has 10 rings (SSSR count). The predicted octanol–water partition coefficient (Wildman–Crippen LogP) is -2.45. The highest BCUT2D eigenvalue weighted by Crippen LogP contribution is 2.71. The molecule has 0 aromatic carbocycles. The summed E-state index contributed by atoms with van der Waals surface area (Å²) in [6.45, 7) is 7.70. The summed E-state index contributed by atoms with van der Waals surface area (Å²) in [6.07, 6.45) is -23.4. The number of carbonyl (C=O) groups is 1. The topological polar surface area (TPSA) is 332 Å². The van der Waals surface area contributed by atoms with E-state index in [1.165, 1.54) is 0 Å². The molecule has 0 unspecified atom stereocenters. The lowest BCUT2D eigenvalue weighted by Crippen LogP contribution is -2.66. The Hall–Kier alpha value is -1.17. The molecule has 22 nitrogen and oxygen atoms in total. The highest BCUT2D eigenvalue weighted by atomic mass is 16.8. The number of Topliss-reactive ketones (excluding diaryl/α,β-unsaturated/α-hetero) is 1. The fourth-order valence-corrected chi connectivity index (χ4v) is 15.3. The van der Waals surface area contributed by atoms with Crippen molar-refractivity contribution in [3.63, 3.8) is 0 Å². The van der Waals surface area contributed by atoms with Crippen LogP contribution in [0.1, 0.15) is 85.5 Å². The largest absolute Gasteiger partial charge is 0.394 e. The molecule has 0 bridgehead atoms. The Bertz CT molecular complexity index is 1860. The maximum Gasteiger partial charge on any atom is 0.187 e. The zero-order chi connectivity index (χ0) is 50.6. The van der Waals surface area contributed by atoms with Crippen molar-refractivity contribution in [1.29, 1.82) is 0 Å². The van der Waals surface area contributed by atoms with E-state index in [4.69, 9.17) is 47.4 Å². The highest BCUT2D eigenvalue weighted by Gasteiger charge is 2.70. The van der Waals surface area contributed by atoms with Crippen molar-refractivity contribution in [2.45, 2.75) is 214 Å². The molecule has 6 heterocycles. The van der Waals surface area contributed by atoms with Gasteiger partial charge in [-0.05, 0) is 85.4 Å². The first-order chi connectivity index (χ1) is 33.7. The van der Waals surface area contributed by atoms with E-state index in [1.807, 2.05) is 0 Å². The van der Waals surface area contributed by atoms with Crippen LogP contribution in [0.5, 0.6) is 0 Å². The molecule has 1 spiro atoms. The number of fused-ring (bicyclic) bond motifs is 7. The third kappa shape index (κ3) is 9.20. The summed E-state index contributed by atoms with van der Waals surface area (Å²) < 4.78 is 60.2. The summed E-state index contributed by atoms with van der Waals surface area (Å²) in [7, 11) is 0. The van der Waals surface area contributed by atoms with Gasteiger partial charge in [0.2, 0.25) is 0 Å². The molecule has 0 radical (unpaired) electrons. The molecule has 4 aliphatic carbocycles. The second-order valence-corrected chi connectivity index (χ2v) is 23.4. The monoisotopic (exact) mass is 1020 g/mol. The van der Waals surface area contributed by atoms with Gasteiger partial charge in [-0.15, -0.1) is 0 Å². The van der Waals surface area contributed by atoms with Crippen LogP contribution in [-0.2, 0) is 52.2 Å². The molecule has 0 aromatic heterocycles. The van der Waals surface area contributed by atoms with Gasteiger partial charge < -0.3 is 104 Å². The fourth-order valence-electron chi connectivity index (χ4n) is 15.3. The summed E-state index contributed by atoms with van der Waals surface area (Å²) in [6, 6.07) is 0. The number of ketones is 1. The Morgan fingerprint density at radius 1 is 0.620 bits per heavy atom. The van der Waals surface area contributed by atoms with Gasteiger partial charge in [0, 0.05) is 24.7 Å². The van der Waals surface area contributed by atoms with Crippen LogP contribution in [0.3, 0.4) is 0 Å². The Kier molecular flexibility index (Phi) is 15.2. The number of hydrogen-bond acceptors (Lipinski definition) is 22. The molecule has 10 aliphatic rings. The first kappa shape index (κ1) is 53.2. The molecule has 30 atom stereocenters. The van der Waals surface area contributed by atoms with Crippen molar-refractivity contribution >= 4 is 5.78 Å². The average molecular weight is 1020 g/mol.